The van der Waals surface area contributed by atoms with Crippen molar-refractivity contribution in [2.75, 3.05) is 12.0 Å². The average molecular weight is 360 g/mol. The normalized spacial score (nSPS) is 12.3. The van der Waals surface area contributed by atoms with Crippen molar-refractivity contribution in [3.05, 3.63) is 0 Å². The van der Waals surface area contributed by atoms with E-state index < -0.39 is 41.4 Å². The van der Waals surface area contributed by atoms with Gasteiger partial charge in [-0.2, -0.15) is 11.8 Å². The first kappa shape index (κ1) is 25.6. The van der Waals surface area contributed by atoms with Crippen LogP contribution in [-0.2, 0) is 25.8 Å². The highest BCUT2D eigenvalue weighted by atomic mass is 32.2. The van der Waals surface area contributed by atoms with Gasteiger partial charge in [-0.1, -0.05) is 0 Å². The van der Waals surface area contributed by atoms with Crippen molar-refractivity contribution < 1.29 is 28.8 Å². The van der Waals surface area contributed by atoms with Crippen LogP contribution >= 0.6 is 11.8 Å². The Kier molecular flexibility index (Phi) is 20.6. The third kappa shape index (κ3) is 23.7. The molecule has 0 rings (SSSR count). The predicted molar refractivity (Wildman–Crippen MR) is 86.3 cm³/mol. The fourth-order valence-corrected chi connectivity index (χ4v) is 1.28. The average Bonchev–Trinajstić information content (AvgIpc) is 2.43. The van der Waals surface area contributed by atoms with Gasteiger partial charge in [0.1, 0.15) is 12.1 Å². The molecule has 10 nitrogen and oxygen atoms in total. The molecule has 0 aliphatic heterocycles. The summed E-state index contributed by atoms with van der Waals surface area (Å²) in [5.41, 5.74) is 15.0. The number of nitrogens with one attached hydrogen (secondary N) is 1. The Bertz CT molecular complexity index is 376. The highest BCUT2D eigenvalue weighted by Crippen LogP contribution is 1.97. The summed E-state index contributed by atoms with van der Waals surface area (Å²) in [6.07, 6.45) is 2.60. The summed E-state index contributed by atoms with van der Waals surface area (Å²) >= 11 is 0.687. The number of aliphatic carboxylic acids is 2. The topological polar surface area (TPSA) is 211 Å². The van der Waals surface area contributed by atoms with Crippen LogP contribution in [0, 0.1) is 4.78 Å². The molecule has 9 N–H and O–H groups in total. The summed E-state index contributed by atoms with van der Waals surface area (Å²) < 4.78 is 14.3. The maximum atomic E-state index is 10.1. The number of carboxylic acids is 2. The van der Waals surface area contributed by atoms with Gasteiger partial charge in [0.15, 0.2) is 0 Å². The van der Waals surface area contributed by atoms with Gasteiger partial charge in [-0.15, -0.1) is 0 Å². The first-order valence-electron chi connectivity index (χ1n) is 5.91. The molecule has 12 heteroatoms. The quantitative estimate of drug-likeness (QED) is 0.289. The van der Waals surface area contributed by atoms with Crippen LogP contribution in [0.1, 0.15) is 19.3 Å². The highest BCUT2D eigenvalue weighted by molar-refractivity contribution is 7.98. The Labute approximate surface area is 135 Å². The number of carboxylic acid groups (broad SMARTS) is 2. The largest absolute Gasteiger partial charge is 0.480 e. The van der Waals surface area contributed by atoms with Crippen molar-refractivity contribution in [1.82, 2.24) is 0 Å². The number of carbonyl (C=O) groups excluding carboxylic acids is 1. The van der Waals surface area contributed by atoms with E-state index in [1.807, 2.05) is 6.26 Å². The van der Waals surface area contributed by atoms with Gasteiger partial charge in [0.05, 0.1) is 0 Å². The van der Waals surface area contributed by atoms with Gasteiger partial charge in [-0.05, 0) is 24.9 Å². The zero-order chi connectivity index (χ0) is 18.1. The van der Waals surface area contributed by atoms with E-state index >= 15 is 0 Å². The molecule has 0 aromatic heterocycles. The van der Waals surface area contributed by atoms with Crippen molar-refractivity contribution in [1.29, 1.82) is 4.78 Å². The van der Waals surface area contributed by atoms with Crippen LogP contribution < -0.4 is 17.2 Å². The summed E-state index contributed by atoms with van der Waals surface area (Å²) in [6, 6.07) is -1.66. The van der Waals surface area contributed by atoms with E-state index in [1.165, 1.54) is 0 Å². The number of thioether (sulfide) groups is 1. The van der Waals surface area contributed by atoms with Gasteiger partial charge in [-0.3, -0.25) is 23.4 Å². The van der Waals surface area contributed by atoms with Gasteiger partial charge in [0.25, 0.3) is 0 Å². The summed E-state index contributed by atoms with van der Waals surface area (Å²) in [4.78, 5) is 30.2. The molecule has 0 aliphatic carbocycles. The molecule has 0 radical (unpaired) electrons. The van der Waals surface area contributed by atoms with E-state index in [-0.39, 0.29) is 12.8 Å². The van der Waals surface area contributed by atoms with Gasteiger partial charge < -0.3 is 27.4 Å². The van der Waals surface area contributed by atoms with Crippen LogP contribution in [0.15, 0.2) is 0 Å². The zero-order valence-electron chi connectivity index (χ0n) is 12.2. The summed E-state index contributed by atoms with van der Waals surface area (Å²) in [5.74, 6) is -1.74. The maximum absolute atomic E-state index is 10.1. The van der Waals surface area contributed by atoms with Crippen LogP contribution in [0.5, 0.6) is 0 Å². The molecule has 0 heterocycles. The molecule has 0 saturated carbocycles. The standard InChI is InChI=1S/C5H10N2O3.C5H11NO2S.H3NOS/c6-3(5(9)10)1-2-4(7)8;1-9-3-2-4(6)5(7)8;1-3-2/h3H,1-2,6H2,(H2,7,8)(H,9,10);4H,2-3,6H2,1H3,(H,7,8);1H,3H2/t3-;4-;/m00./s1. The minimum Gasteiger partial charge on any atom is -0.480 e. The van der Waals surface area contributed by atoms with E-state index in [0.717, 1.165) is 5.75 Å². The first-order chi connectivity index (χ1) is 10.1. The molecule has 0 unspecified atom stereocenters. The summed E-state index contributed by atoms with van der Waals surface area (Å²) in [5, 5.41) is 16.5. The summed E-state index contributed by atoms with van der Waals surface area (Å²) in [6.45, 7) is 0. The first-order valence-corrected chi connectivity index (χ1v) is 8.22. The Morgan fingerprint density at radius 1 is 1.14 bits per heavy atom. The monoisotopic (exact) mass is 360 g/mol. The maximum Gasteiger partial charge on any atom is 0.320 e. The Morgan fingerprint density at radius 3 is 1.77 bits per heavy atom. The molecule has 22 heavy (non-hydrogen) atoms. The molecular weight excluding hydrogens is 336 g/mol. The van der Waals surface area contributed by atoms with Gasteiger partial charge in [-0.25, -0.2) is 0 Å². The lowest BCUT2D eigenvalue weighted by atomic mass is 10.2. The predicted octanol–water partition coefficient (Wildman–Crippen LogP) is -1.76. The second-order valence-corrected chi connectivity index (χ2v) is 4.97. The SMILES string of the molecule is CSCC[C@H](N)C(=O)O.N=[SH2]=O.NC(=O)CC[C@H](N)C(=O)O. The smallest absolute Gasteiger partial charge is 0.320 e. The van der Waals surface area contributed by atoms with Crippen LogP contribution in [0.3, 0.4) is 0 Å². The van der Waals surface area contributed by atoms with Crippen molar-refractivity contribution in [3.63, 3.8) is 0 Å². The minimum atomic E-state index is -1.11. The Balaban J connectivity index is -0.000000279. The molecule has 1 amide bonds. The Hall–Kier alpha value is -1.37. The molecule has 0 spiro atoms. The van der Waals surface area contributed by atoms with Crippen molar-refractivity contribution in [2.24, 2.45) is 17.2 Å². The lowest BCUT2D eigenvalue weighted by Gasteiger charge is -2.02. The van der Waals surface area contributed by atoms with Crippen LogP contribution in [0.4, 0.5) is 0 Å². The number of hydrogen-bond donors (Lipinski definition) is 6. The highest BCUT2D eigenvalue weighted by Gasteiger charge is 2.11. The lowest BCUT2D eigenvalue weighted by Crippen LogP contribution is -2.31. The zero-order valence-corrected chi connectivity index (χ0v) is 14.0. The molecular formula is C10H24N4O6S2. The van der Waals surface area contributed by atoms with Gasteiger partial charge >= 0.3 is 11.9 Å². The van der Waals surface area contributed by atoms with Crippen LogP contribution in [0.25, 0.3) is 0 Å². The number of carbonyl (C=O) groups is 3. The molecule has 0 aromatic rings. The lowest BCUT2D eigenvalue weighted by molar-refractivity contribution is -0.139. The molecule has 0 fully saturated rings. The number of amides is 1. The number of primary amides is 1. The number of rotatable bonds is 8. The molecule has 0 aliphatic rings. The molecule has 0 bridgehead atoms. The van der Waals surface area contributed by atoms with E-state index in [9.17, 15) is 14.4 Å². The minimum absolute atomic E-state index is 0.0213. The van der Waals surface area contributed by atoms with Crippen LogP contribution in [0.2, 0.25) is 0 Å². The molecule has 2 atom stereocenters. The molecule has 0 aromatic carbocycles. The van der Waals surface area contributed by atoms with Crippen molar-refractivity contribution in [3.8, 4) is 0 Å². The number of hydrogen-bond acceptors (Lipinski definition) is 8. The van der Waals surface area contributed by atoms with E-state index in [4.69, 9.17) is 36.4 Å². The van der Waals surface area contributed by atoms with E-state index in [0.29, 0.717) is 6.42 Å². The second kappa shape index (κ2) is 17.7. The number of nitrogens with two attached hydrogens (primary N) is 3. The van der Waals surface area contributed by atoms with E-state index in [2.05, 4.69) is 0 Å². The van der Waals surface area contributed by atoms with Gasteiger partial charge in [0.2, 0.25) is 5.91 Å². The fourth-order valence-electron chi connectivity index (χ4n) is 0.790. The molecule has 132 valence electrons. The summed E-state index contributed by atoms with van der Waals surface area (Å²) in [7, 11) is 0. The van der Waals surface area contributed by atoms with E-state index in [1.54, 1.807) is 11.8 Å². The third-order valence-corrected chi connectivity index (χ3v) is 2.61. The second-order valence-electron chi connectivity index (χ2n) is 3.78. The third-order valence-electron chi connectivity index (χ3n) is 1.97. The van der Waals surface area contributed by atoms with Gasteiger partial charge in [0, 0.05) is 17.9 Å². The fraction of sp³-hybridized carbons (Fsp3) is 0.700. The Morgan fingerprint density at radius 2 is 1.50 bits per heavy atom. The van der Waals surface area contributed by atoms with Crippen molar-refractivity contribution >= 4 is 41.1 Å². The van der Waals surface area contributed by atoms with Crippen LogP contribution in [-0.4, -0.2) is 56.4 Å². The van der Waals surface area contributed by atoms with Crippen molar-refractivity contribution in [2.45, 2.75) is 31.3 Å². The molecule has 0 saturated heterocycles.